The van der Waals surface area contributed by atoms with Crippen molar-refractivity contribution in [2.45, 2.75) is 19.7 Å². The first kappa shape index (κ1) is 14.6. The zero-order chi connectivity index (χ0) is 14.8. The highest BCUT2D eigenvalue weighted by atomic mass is 35.5. The molecule has 0 aliphatic carbocycles. The summed E-state index contributed by atoms with van der Waals surface area (Å²) in [5, 5.41) is 0.175. The Kier molecular flexibility index (Phi) is 4.13. The number of nitrogens with zero attached hydrogens (tertiary/aromatic N) is 2. The summed E-state index contributed by atoms with van der Waals surface area (Å²) in [6, 6.07) is 7.16. The maximum absolute atomic E-state index is 12.4. The molecule has 106 valence electrons. The predicted octanol–water partition coefficient (Wildman–Crippen LogP) is 4.26. The lowest BCUT2D eigenvalue weighted by molar-refractivity contribution is -0.274. The van der Waals surface area contributed by atoms with E-state index >= 15 is 0 Å². The Morgan fingerprint density at radius 1 is 1.20 bits per heavy atom. The van der Waals surface area contributed by atoms with Gasteiger partial charge in [-0.2, -0.15) is 0 Å². The van der Waals surface area contributed by atoms with Gasteiger partial charge in [0.15, 0.2) is 0 Å². The summed E-state index contributed by atoms with van der Waals surface area (Å²) < 4.78 is 41.1. The second kappa shape index (κ2) is 5.66. The van der Waals surface area contributed by atoms with Crippen molar-refractivity contribution < 1.29 is 17.9 Å². The minimum absolute atomic E-state index is 0.175. The third-order valence-corrected chi connectivity index (χ3v) is 2.64. The molecule has 0 unspecified atom stereocenters. The number of aryl methyl sites for hydroxylation is 1. The van der Waals surface area contributed by atoms with Gasteiger partial charge in [0.05, 0.1) is 5.69 Å². The van der Waals surface area contributed by atoms with Crippen molar-refractivity contribution in [1.29, 1.82) is 0 Å². The van der Waals surface area contributed by atoms with E-state index in [1.807, 2.05) is 6.92 Å². The van der Waals surface area contributed by atoms with Crippen LogP contribution in [0.15, 0.2) is 30.3 Å². The van der Waals surface area contributed by atoms with E-state index in [-0.39, 0.29) is 16.5 Å². The van der Waals surface area contributed by atoms with Crippen LogP contribution < -0.4 is 4.74 Å². The lowest BCUT2D eigenvalue weighted by Crippen LogP contribution is -2.17. The molecule has 0 aliphatic heterocycles. The summed E-state index contributed by atoms with van der Waals surface area (Å²) in [4.78, 5) is 8.14. The monoisotopic (exact) mass is 302 g/mol. The molecule has 2 aromatic rings. The average molecular weight is 303 g/mol. The molecular weight excluding hydrogens is 293 g/mol. The topological polar surface area (TPSA) is 35.0 Å². The quantitative estimate of drug-likeness (QED) is 0.795. The molecule has 7 heteroatoms. The van der Waals surface area contributed by atoms with Gasteiger partial charge < -0.3 is 4.74 Å². The Balaban J connectivity index is 2.50. The van der Waals surface area contributed by atoms with Crippen molar-refractivity contribution in [1.82, 2.24) is 9.97 Å². The van der Waals surface area contributed by atoms with Gasteiger partial charge in [-0.3, -0.25) is 0 Å². The maximum Gasteiger partial charge on any atom is 0.573 e. The first-order valence-electron chi connectivity index (χ1n) is 5.77. The summed E-state index contributed by atoms with van der Waals surface area (Å²) in [5.74, 6) is 0.131. The molecule has 1 heterocycles. The van der Waals surface area contributed by atoms with Gasteiger partial charge >= 0.3 is 6.36 Å². The second-order valence-corrected chi connectivity index (χ2v) is 4.28. The zero-order valence-corrected chi connectivity index (χ0v) is 11.2. The van der Waals surface area contributed by atoms with Gasteiger partial charge in [-0.05, 0) is 12.1 Å². The van der Waals surface area contributed by atoms with Crippen LogP contribution in [-0.4, -0.2) is 16.3 Å². The molecule has 3 nitrogen and oxygen atoms in total. The van der Waals surface area contributed by atoms with E-state index in [4.69, 9.17) is 11.6 Å². The summed E-state index contributed by atoms with van der Waals surface area (Å²) in [5.41, 5.74) is 0.505. The van der Waals surface area contributed by atoms with Crippen LogP contribution in [0.25, 0.3) is 11.3 Å². The largest absolute Gasteiger partial charge is 0.573 e. The minimum atomic E-state index is -4.76. The lowest BCUT2D eigenvalue weighted by atomic mass is 10.1. The molecule has 0 saturated carbocycles. The highest BCUT2D eigenvalue weighted by Gasteiger charge is 2.32. The third-order valence-electron chi connectivity index (χ3n) is 2.45. The van der Waals surface area contributed by atoms with E-state index in [2.05, 4.69) is 14.7 Å². The standard InChI is InChI=1S/C13H10ClF3N2O/c1-2-12-18-9(7-11(14)19-12)8-5-3-4-6-10(8)20-13(15,16)17/h3-7H,2H2,1H3. The average Bonchev–Trinajstić information content (AvgIpc) is 2.36. The molecule has 0 fully saturated rings. The summed E-state index contributed by atoms with van der Waals surface area (Å²) in [6.07, 6.45) is -4.24. The molecule has 0 amide bonds. The Morgan fingerprint density at radius 2 is 1.90 bits per heavy atom. The Bertz CT molecular complexity index is 617. The van der Waals surface area contributed by atoms with Crippen LogP contribution in [-0.2, 0) is 6.42 Å². The Hall–Kier alpha value is -1.82. The minimum Gasteiger partial charge on any atom is -0.405 e. The van der Waals surface area contributed by atoms with Crippen molar-refractivity contribution in [3.05, 3.63) is 41.3 Å². The van der Waals surface area contributed by atoms with Crippen molar-refractivity contribution in [3.63, 3.8) is 0 Å². The van der Waals surface area contributed by atoms with Gasteiger partial charge in [0.1, 0.15) is 16.7 Å². The number of alkyl halides is 3. The Morgan fingerprint density at radius 3 is 2.55 bits per heavy atom. The van der Waals surface area contributed by atoms with Gasteiger partial charge in [-0.25, -0.2) is 9.97 Å². The first-order chi connectivity index (χ1) is 9.39. The van der Waals surface area contributed by atoms with Crippen molar-refractivity contribution in [2.75, 3.05) is 0 Å². The molecule has 0 saturated heterocycles. The van der Waals surface area contributed by atoms with Crippen molar-refractivity contribution in [3.8, 4) is 17.0 Å². The van der Waals surface area contributed by atoms with E-state index in [9.17, 15) is 13.2 Å². The summed E-state index contributed by atoms with van der Waals surface area (Å²) >= 11 is 5.85. The number of para-hydroxylation sites is 1. The number of benzene rings is 1. The van der Waals surface area contributed by atoms with Crippen LogP contribution in [0, 0.1) is 0 Å². The van der Waals surface area contributed by atoms with Gasteiger partial charge in [0.2, 0.25) is 0 Å². The van der Waals surface area contributed by atoms with Crippen LogP contribution in [0.5, 0.6) is 5.75 Å². The van der Waals surface area contributed by atoms with Crippen LogP contribution in [0.3, 0.4) is 0 Å². The van der Waals surface area contributed by atoms with E-state index < -0.39 is 6.36 Å². The SMILES string of the molecule is CCc1nc(Cl)cc(-c2ccccc2OC(F)(F)F)n1. The van der Waals surface area contributed by atoms with Crippen molar-refractivity contribution in [2.24, 2.45) is 0 Å². The van der Waals surface area contributed by atoms with E-state index in [1.165, 1.54) is 24.3 Å². The highest BCUT2D eigenvalue weighted by molar-refractivity contribution is 6.29. The molecule has 0 bridgehead atoms. The van der Waals surface area contributed by atoms with Gasteiger partial charge in [-0.1, -0.05) is 30.7 Å². The van der Waals surface area contributed by atoms with Crippen molar-refractivity contribution >= 4 is 11.6 Å². The van der Waals surface area contributed by atoms with Gasteiger partial charge in [0.25, 0.3) is 0 Å². The van der Waals surface area contributed by atoms with Gasteiger partial charge in [-0.15, -0.1) is 13.2 Å². The normalized spacial score (nSPS) is 11.4. The number of aromatic nitrogens is 2. The number of ether oxygens (including phenoxy) is 1. The van der Waals surface area contributed by atoms with E-state index in [0.29, 0.717) is 17.9 Å². The molecule has 0 aliphatic rings. The second-order valence-electron chi connectivity index (χ2n) is 3.89. The fourth-order valence-corrected chi connectivity index (χ4v) is 1.85. The number of halogens is 4. The predicted molar refractivity (Wildman–Crippen MR) is 68.5 cm³/mol. The van der Waals surface area contributed by atoms with Crippen LogP contribution in [0.4, 0.5) is 13.2 Å². The summed E-state index contributed by atoms with van der Waals surface area (Å²) in [6.45, 7) is 1.83. The molecule has 1 aromatic carbocycles. The first-order valence-corrected chi connectivity index (χ1v) is 6.15. The maximum atomic E-state index is 12.4. The highest BCUT2D eigenvalue weighted by Crippen LogP contribution is 2.33. The smallest absolute Gasteiger partial charge is 0.405 e. The molecule has 0 radical (unpaired) electrons. The molecule has 1 aromatic heterocycles. The van der Waals surface area contributed by atoms with Crippen LogP contribution in [0.1, 0.15) is 12.7 Å². The molecule has 0 atom stereocenters. The molecule has 0 N–H and O–H groups in total. The summed E-state index contributed by atoms with van der Waals surface area (Å²) in [7, 11) is 0. The Labute approximate surface area is 118 Å². The zero-order valence-electron chi connectivity index (χ0n) is 10.4. The molecule has 0 spiro atoms. The molecule has 2 rings (SSSR count). The van der Waals surface area contributed by atoms with Crippen LogP contribution in [0.2, 0.25) is 5.15 Å². The number of hydrogen-bond donors (Lipinski definition) is 0. The van der Waals surface area contributed by atoms with Crippen LogP contribution >= 0.6 is 11.6 Å². The van der Waals surface area contributed by atoms with E-state index in [0.717, 1.165) is 0 Å². The van der Waals surface area contributed by atoms with E-state index in [1.54, 1.807) is 6.07 Å². The lowest BCUT2D eigenvalue weighted by Gasteiger charge is -2.13. The van der Waals surface area contributed by atoms with Gasteiger partial charge in [0, 0.05) is 18.1 Å². The number of rotatable bonds is 3. The fourth-order valence-electron chi connectivity index (χ4n) is 1.65. The third kappa shape index (κ3) is 3.60. The fraction of sp³-hybridized carbons (Fsp3) is 0.231. The number of hydrogen-bond acceptors (Lipinski definition) is 3. The molecular formula is C13H10ClF3N2O. The molecule has 20 heavy (non-hydrogen) atoms.